The molecule has 15 heavy (non-hydrogen) atoms. The van der Waals surface area contributed by atoms with Crippen molar-refractivity contribution in [3.63, 3.8) is 0 Å². The van der Waals surface area contributed by atoms with Crippen LogP contribution < -0.4 is 5.32 Å². The topological polar surface area (TPSA) is 38.3 Å². The summed E-state index contributed by atoms with van der Waals surface area (Å²) in [6, 6.07) is 9.55. The first kappa shape index (κ1) is 11.5. The molecule has 0 saturated heterocycles. The van der Waals surface area contributed by atoms with Gasteiger partial charge in [-0.25, -0.2) is 0 Å². The van der Waals surface area contributed by atoms with E-state index < -0.39 is 0 Å². The zero-order valence-electron chi connectivity index (χ0n) is 8.56. The number of ether oxygens (including phenoxy) is 1. The third kappa shape index (κ3) is 5.65. The van der Waals surface area contributed by atoms with E-state index in [-0.39, 0.29) is 0 Å². The second-order valence-corrected chi connectivity index (χ2v) is 3.02. The summed E-state index contributed by atoms with van der Waals surface area (Å²) in [7, 11) is 0. The summed E-state index contributed by atoms with van der Waals surface area (Å²) in [5.74, 6) is 0. The number of carbonyl (C=O) groups excluding carboxylic acids is 1. The van der Waals surface area contributed by atoms with Gasteiger partial charge in [-0.15, -0.1) is 0 Å². The van der Waals surface area contributed by atoms with Crippen LogP contribution >= 0.6 is 0 Å². The molecule has 1 aromatic rings. The van der Waals surface area contributed by atoms with Crippen LogP contribution in [0.4, 0.5) is 0 Å². The van der Waals surface area contributed by atoms with Crippen molar-refractivity contribution >= 4 is 6.47 Å². The zero-order valence-corrected chi connectivity index (χ0v) is 8.56. The van der Waals surface area contributed by atoms with Gasteiger partial charge in [0.1, 0.15) is 6.61 Å². The average molecular weight is 205 g/mol. The molecule has 0 atom stereocenters. The minimum Gasteiger partial charge on any atom is -0.463 e. The van der Waals surface area contributed by atoms with E-state index in [0.717, 1.165) is 18.7 Å². The summed E-state index contributed by atoms with van der Waals surface area (Å²) < 4.78 is 4.54. The molecule has 0 amide bonds. The first-order chi connectivity index (χ1) is 7.43. The molecule has 80 valence electrons. The van der Waals surface area contributed by atoms with E-state index in [1.54, 1.807) is 0 Å². The van der Waals surface area contributed by atoms with Crippen molar-refractivity contribution in [3.05, 3.63) is 48.0 Å². The lowest BCUT2D eigenvalue weighted by atomic mass is 10.2. The summed E-state index contributed by atoms with van der Waals surface area (Å²) in [6.07, 6.45) is 4.25. The summed E-state index contributed by atoms with van der Waals surface area (Å²) >= 11 is 0. The van der Waals surface area contributed by atoms with Crippen LogP contribution in [-0.4, -0.2) is 19.6 Å². The van der Waals surface area contributed by atoms with Gasteiger partial charge in [0.25, 0.3) is 6.47 Å². The lowest BCUT2D eigenvalue weighted by Gasteiger charge is -1.95. The summed E-state index contributed by atoms with van der Waals surface area (Å²) in [6.45, 7) is 2.96. The van der Waals surface area contributed by atoms with E-state index in [0.29, 0.717) is 13.1 Å². The first-order valence-electron chi connectivity index (χ1n) is 4.88. The van der Waals surface area contributed by atoms with Gasteiger partial charge < -0.3 is 10.1 Å². The van der Waals surface area contributed by atoms with Gasteiger partial charge in [0.15, 0.2) is 0 Å². The van der Waals surface area contributed by atoms with E-state index in [9.17, 15) is 4.79 Å². The van der Waals surface area contributed by atoms with Crippen molar-refractivity contribution in [2.45, 2.75) is 6.61 Å². The average Bonchev–Trinajstić information content (AvgIpc) is 2.86. The number of nitrogens with one attached hydrogen (secondary N) is 1. The summed E-state index contributed by atoms with van der Waals surface area (Å²) in [4.78, 5) is 9.76. The molecule has 3 heteroatoms. The Morgan fingerprint density at radius 3 is 2.33 bits per heavy atom. The van der Waals surface area contributed by atoms with Gasteiger partial charge in [-0.05, 0) is 5.56 Å². The highest BCUT2D eigenvalue weighted by molar-refractivity contribution is 5.37. The van der Waals surface area contributed by atoms with E-state index in [4.69, 9.17) is 0 Å². The molecule has 2 rings (SSSR count). The maximum absolute atomic E-state index is 9.76. The lowest BCUT2D eigenvalue weighted by Crippen LogP contribution is -2.04. The van der Waals surface area contributed by atoms with Crippen LogP contribution in [0.1, 0.15) is 5.56 Å². The van der Waals surface area contributed by atoms with Gasteiger partial charge in [-0.1, -0.05) is 42.5 Å². The fourth-order valence-corrected chi connectivity index (χ4v) is 1.12. The molecule has 0 saturated carbocycles. The second-order valence-electron chi connectivity index (χ2n) is 3.02. The number of rotatable bonds is 3. The third-order valence-corrected chi connectivity index (χ3v) is 1.85. The lowest BCUT2D eigenvalue weighted by molar-refractivity contribution is -0.129. The van der Waals surface area contributed by atoms with Crippen molar-refractivity contribution in [2.24, 2.45) is 0 Å². The molecular formula is C12H15NO2. The van der Waals surface area contributed by atoms with Crippen LogP contribution in [0, 0.1) is 0 Å². The smallest absolute Gasteiger partial charge is 0.293 e. The zero-order chi connectivity index (χ0) is 10.8. The Bertz CT molecular complexity index is 290. The van der Waals surface area contributed by atoms with Gasteiger partial charge >= 0.3 is 0 Å². The maximum atomic E-state index is 9.76. The van der Waals surface area contributed by atoms with Gasteiger partial charge in [-0.3, -0.25) is 4.79 Å². The molecule has 0 aromatic heterocycles. The standard InChI is InChI=1S/C8H8O2.C4H7N/c9-7-10-6-8-4-2-1-3-5-8;1-2-4-5-3-1/h1-5,7H,6H2;1-2,5H,3-4H2. The molecule has 0 unspecified atom stereocenters. The Morgan fingerprint density at radius 2 is 1.87 bits per heavy atom. The predicted molar refractivity (Wildman–Crippen MR) is 59.3 cm³/mol. The largest absolute Gasteiger partial charge is 0.463 e. The minimum atomic E-state index is 0.365. The van der Waals surface area contributed by atoms with Crippen LogP contribution in [0.25, 0.3) is 0 Å². The molecule has 1 N–H and O–H groups in total. The van der Waals surface area contributed by atoms with Crippen molar-refractivity contribution < 1.29 is 9.53 Å². The fraction of sp³-hybridized carbons (Fsp3) is 0.250. The van der Waals surface area contributed by atoms with Gasteiger partial charge in [0, 0.05) is 13.1 Å². The quantitative estimate of drug-likeness (QED) is 0.600. The minimum absolute atomic E-state index is 0.365. The molecule has 3 nitrogen and oxygen atoms in total. The number of carbonyl (C=O) groups is 1. The highest BCUT2D eigenvalue weighted by Gasteiger charge is 1.87. The molecule has 0 aliphatic carbocycles. The molecular weight excluding hydrogens is 190 g/mol. The molecule has 0 fully saturated rings. The normalized spacial score (nSPS) is 12.8. The Balaban J connectivity index is 0.000000187. The van der Waals surface area contributed by atoms with Crippen LogP contribution in [0.5, 0.6) is 0 Å². The SMILES string of the molecule is C1=CCNC1.O=COCc1ccccc1. The molecule has 1 heterocycles. The third-order valence-electron chi connectivity index (χ3n) is 1.85. The molecule has 1 aromatic carbocycles. The van der Waals surface area contributed by atoms with Crippen molar-refractivity contribution in [1.82, 2.24) is 5.32 Å². The van der Waals surface area contributed by atoms with Crippen LogP contribution in [0.15, 0.2) is 42.5 Å². The Hall–Kier alpha value is -1.61. The predicted octanol–water partition coefficient (Wildman–Crippen LogP) is 1.51. The highest BCUT2D eigenvalue weighted by atomic mass is 16.5. The Morgan fingerprint density at radius 1 is 1.20 bits per heavy atom. The monoisotopic (exact) mass is 205 g/mol. The van der Waals surface area contributed by atoms with Crippen molar-refractivity contribution in [3.8, 4) is 0 Å². The molecule has 1 aliphatic heterocycles. The van der Waals surface area contributed by atoms with Gasteiger partial charge in [-0.2, -0.15) is 0 Å². The number of benzene rings is 1. The maximum Gasteiger partial charge on any atom is 0.293 e. The molecule has 0 bridgehead atoms. The Kier molecular flexibility index (Phi) is 5.93. The number of hydrogen-bond donors (Lipinski definition) is 1. The van der Waals surface area contributed by atoms with Crippen LogP contribution in [0.3, 0.4) is 0 Å². The van der Waals surface area contributed by atoms with Crippen molar-refractivity contribution in [1.29, 1.82) is 0 Å². The van der Waals surface area contributed by atoms with Gasteiger partial charge in [0.2, 0.25) is 0 Å². The summed E-state index contributed by atoms with van der Waals surface area (Å²) in [5.41, 5.74) is 1.01. The second kappa shape index (κ2) is 7.76. The molecule has 1 aliphatic rings. The summed E-state index contributed by atoms with van der Waals surface area (Å²) in [5, 5.41) is 3.11. The van der Waals surface area contributed by atoms with Gasteiger partial charge in [0.05, 0.1) is 0 Å². The van der Waals surface area contributed by atoms with Crippen LogP contribution in [0.2, 0.25) is 0 Å². The van der Waals surface area contributed by atoms with E-state index in [1.807, 2.05) is 30.3 Å². The van der Waals surface area contributed by atoms with E-state index in [1.165, 1.54) is 0 Å². The van der Waals surface area contributed by atoms with Crippen molar-refractivity contribution in [2.75, 3.05) is 13.1 Å². The Labute approximate surface area is 89.8 Å². The molecule has 0 radical (unpaired) electrons. The molecule has 0 spiro atoms. The van der Waals surface area contributed by atoms with Crippen LogP contribution in [-0.2, 0) is 16.1 Å². The first-order valence-corrected chi connectivity index (χ1v) is 4.88. The number of hydrogen-bond acceptors (Lipinski definition) is 3. The van der Waals surface area contributed by atoms with E-state index in [2.05, 4.69) is 22.2 Å². The highest BCUT2D eigenvalue weighted by Crippen LogP contribution is 1.98. The fourth-order valence-electron chi connectivity index (χ4n) is 1.12. The van der Waals surface area contributed by atoms with E-state index >= 15 is 0 Å².